The molecular weight excluding hydrogens is 208 g/mol. The second-order valence-corrected chi connectivity index (χ2v) is 6.36. The molecule has 4 atom stereocenters. The molecule has 14 heavy (non-hydrogen) atoms. The molecule has 0 N–H and O–H groups in total. The predicted octanol–water partition coefficient (Wildman–Crippen LogP) is 3.96. The zero-order valence-corrected chi connectivity index (χ0v) is 10.6. The van der Waals surface area contributed by atoms with Gasteiger partial charge in [-0.05, 0) is 37.5 Å². The fraction of sp³-hybridized carbons (Fsp3) is 1.00. The molecule has 0 amide bonds. The van der Waals surface area contributed by atoms with Gasteiger partial charge in [0.15, 0.2) is 0 Å². The Morgan fingerprint density at radius 1 is 0.571 bits per heavy atom. The van der Waals surface area contributed by atoms with Gasteiger partial charge in [0, 0.05) is 10.5 Å². The first kappa shape index (κ1) is 11.2. The van der Waals surface area contributed by atoms with E-state index in [2.05, 4.69) is 0 Å². The number of thiol groups is 2. The van der Waals surface area contributed by atoms with Crippen LogP contribution in [-0.2, 0) is 0 Å². The van der Waals surface area contributed by atoms with Crippen LogP contribution in [0.1, 0.15) is 51.4 Å². The van der Waals surface area contributed by atoms with Crippen molar-refractivity contribution < 1.29 is 0 Å². The Morgan fingerprint density at radius 2 is 0.929 bits per heavy atom. The van der Waals surface area contributed by atoms with Crippen LogP contribution in [0, 0.1) is 11.8 Å². The van der Waals surface area contributed by atoms with E-state index in [0.29, 0.717) is 10.5 Å². The van der Waals surface area contributed by atoms with Crippen molar-refractivity contribution in [2.45, 2.75) is 61.9 Å². The van der Waals surface area contributed by atoms with E-state index in [1.54, 1.807) is 0 Å². The third-order valence-electron chi connectivity index (χ3n) is 4.11. The summed E-state index contributed by atoms with van der Waals surface area (Å²) in [6.07, 6.45) is 11.2. The summed E-state index contributed by atoms with van der Waals surface area (Å²) < 4.78 is 0. The monoisotopic (exact) mass is 230 g/mol. The third-order valence-corrected chi connectivity index (χ3v) is 5.40. The summed E-state index contributed by atoms with van der Waals surface area (Å²) in [4.78, 5) is 0. The molecule has 2 aliphatic rings. The Balaban J connectivity index is 1.96. The van der Waals surface area contributed by atoms with Gasteiger partial charge >= 0.3 is 0 Å². The first-order valence-electron chi connectivity index (χ1n) is 6.15. The van der Waals surface area contributed by atoms with E-state index in [0.717, 1.165) is 11.8 Å². The van der Waals surface area contributed by atoms with Crippen LogP contribution in [0.15, 0.2) is 0 Å². The SMILES string of the molecule is SC1CCCCC1C1CCCCC1S. The van der Waals surface area contributed by atoms with Crippen LogP contribution in [0.5, 0.6) is 0 Å². The Hall–Kier alpha value is 0.700. The summed E-state index contributed by atoms with van der Waals surface area (Å²) in [6, 6.07) is 0. The number of hydrogen-bond acceptors (Lipinski definition) is 2. The quantitative estimate of drug-likeness (QED) is 0.626. The molecule has 0 aromatic heterocycles. The van der Waals surface area contributed by atoms with Crippen molar-refractivity contribution >= 4 is 25.3 Å². The van der Waals surface area contributed by atoms with E-state index in [1.807, 2.05) is 0 Å². The summed E-state index contributed by atoms with van der Waals surface area (Å²) in [7, 11) is 0. The van der Waals surface area contributed by atoms with Gasteiger partial charge in [-0.2, -0.15) is 25.3 Å². The predicted molar refractivity (Wildman–Crippen MR) is 69.5 cm³/mol. The van der Waals surface area contributed by atoms with Gasteiger partial charge in [-0.1, -0.05) is 25.7 Å². The second kappa shape index (κ2) is 5.16. The Morgan fingerprint density at radius 3 is 1.29 bits per heavy atom. The lowest BCUT2D eigenvalue weighted by atomic mass is 9.73. The molecule has 0 aromatic rings. The molecule has 0 nitrogen and oxygen atoms in total. The second-order valence-electron chi connectivity index (χ2n) is 5.03. The van der Waals surface area contributed by atoms with Gasteiger partial charge in [-0.3, -0.25) is 0 Å². The van der Waals surface area contributed by atoms with Crippen LogP contribution in [0.25, 0.3) is 0 Å². The lowest BCUT2D eigenvalue weighted by Crippen LogP contribution is -2.34. The van der Waals surface area contributed by atoms with Crippen molar-refractivity contribution in [3.05, 3.63) is 0 Å². The molecule has 0 heterocycles. The maximum Gasteiger partial charge on any atom is 0.00481 e. The van der Waals surface area contributed by atoms with Gasteiger partial charge in [0.1, 0.15) is 0 Å². The highest BCUT2D eigenvalue weighted by atomic mass is 32.1. The van der Waals surface area contributed by atoms with E-state index in [1.165, 1.54) is 51.4 Å². The Kier molecular flexibility index (Phi) is 4.12. The molecule has 0 aromatic carbocycles. The molecular formula is C12H22S2. The van der Waals surface area contributed by atoms with Gasteiger partial charge in [0.2, 0.25) is 0 Å². The van der Waals surface area contributed by atoms with Crippen molar-refractivity contribution in [2.75, 3.05) is 0 Å². The number of rotatable bonds is 1. The molecule has 82 valence electrons. The Labute approximate surface area is 99.1 Å². The highest BCUT2D eigenvalue weighted by molar-refractivity contribution is 7.81. The fourth-order valence-corrected chi connectivity index (χ4v) is 4.38. The van der Waals surface area contributed by atoms with Gasteiger partial charge in [0.05, 0.1) is 0 Å². The van der Waals surface area contributed by atoms with Crippen LogP contribution in [0.2, 0.25) is 0 Å². The molecule has 2 aliphatic carbocycles. The van der Waals surface area contributed by atoms with E-state index >= 15 is 0 Å². The summed E-state index contributed by atoms with van der Waals surface area (Å²) in [5.74, 6) is 1.74. The summed E-state index contributed by atoms with van der Waals surface area (Å²) in [6.45, 7) is 0. The van der Waals surface area contributed by atoms with Crippen LogP contribution >= 0.6 is 25.3 Å². The minimum atomic E-state index is 0.668. The first-order chi connectivity index (χ1) is 6.79. The largest absolute Gasteiger partial charge is 0.176 e. The van der Waals surface area contributed by atoms with Crippen molar-refractivity contribution in [2.24, 2.45) is 11.8 Å². The third kappa shape index (κ3) is 2.44. The maximum absolute atomic E-state index is 4.77. The van der Waals surface area contributed by atoms with Crippen LogP contribution in [0.3, 0.4) is 0 Å². The maximum atomic E-state index is 4.77. The summed E-state index contributed by atoms with van der Waals surface area (Å²) in [5.41, 5.74) is 0. The smallest absolute Gasteiger partial charge is 0.00481 e. The average molecular weight is 230 g/mol. The van der Waals surface area contributed by atoms with Crippen molar-refractivity contribution in [3.63, 3.8) is 0 Å². The first-order valence-corrected chi connectivity index (χ1v) is 7.18. The summed E-state index contributed by atoms with van der Waals surface area (Å²) >= 11 is 9.55. The van der Waals surface area contributed by atoms with Crippen molar-refractivity contribution in [3.8, 4) is 0 Å². The topological polar surface area (TPSA) is 0 Å². The van der Waals surface area contributed by atoms with Gasteiger partial charge in [-0.15, -0.1) is 0 Å². The minimum absolute atomic E-state index is 0.668. The van der Waals surface area contributed by atoms with Gasteiger partial charge in [-0.25, -0.2) is 0 Å². The molecule has 2 rings (SSSR count). The average Bonchev–Trinajstić information content (AvgIpc) is 2.20. The van der Waals surface area contributed by atoms with E-state index in [-0.39, 0.29) is 0 Å². The zero-order valence-electron chi connectivity index (χ0n) is 8.86. The minimum Gasteiger partial charge on any atom is -0.176 e. The zero-order chi connectivity index (χ0) is 9.97. The molecule has 2 heteroatoms. The van der Waals surface area contributed by atoms with E-state index < -0.39 is 0 Å². The van der Waals surface area contributed by atoms with E-state index in [4.69, 9.17) is 25.3 Å². The Bertz CT molecular complexity index is 161. The molecule has 0 saturated heterocycles. The molecule has 0 radical (unpaired) electrons. The molecule has 2 saturated carbocycles. The molecule has 0 aliphatic heterocycles. The normalized spacial score (nSPS) is 45.0. The van der Waals surface area contributed by atoms with Crippen LogP contribution in [-0.4, -0.2) is 10.5 Å². The number of hydrogen-bond donors (Lipinski definition) is 2. The lowest BCUT2D eigenvalue weighted by Gasteiger charge is -2.40. The molecule has 0 bridgehead atoms. The molecule has 0 spiro atoms. The standard InChI is InChI=1S/C12H22S2/c13-11-7-3-1-5-9(11)10-6-2-4-8-12(10)14/h9-14H,1-8H2. The van der Waals surface area contributed by atoms with Crippen LogP contribution in [0.4, 0.5) is 0 Å². The highest BCUT2D eigenvalue weighted by Gasteiger charge is 2.34. The van der Waals surface area contributed by atoms with Gasteiger partial charge in [0.25, 0.3) is 0 Å². The highest BCUT2D eigenvalue weighted by Crippen LogP contribution is 2.42. The summed E-state index contributed by atoms with van der Waals surface area (Å²) in [5, 5.41) is 1.34. The molecule has 2 fully saturated rings. The van der Waals surface area contributed by atoms with E-state index in [9.17, 15) is 0 Å². The van der Waals surface area contributed by atoms with Crippen LogP contribution < -0.4 is 0 Å². The molecule has 4 unspecified atom stereocenters. The fourth-order valence-electron chi connectivity index (χ4n) is 3.28. The van der Waals surface area contributed by atoms with Crippen molar-refractivity contribution in [1.29, 1.82) is 0 Å². The van der Waals surface area contributed by atoms with Gasteiger partial charge < -0.3 is 0 Å². The lowest BCUT2D eigenvalue weighted by molar-refractivity contribution is 0.211. The van der Waals surface area contributed by atoms with Crippen molar-refractivity contribution in [1.82, 2.24) is 0 Å².